The van der Waals surface area contributed by atoms with E-state index in [0.717, 1.165) is 16.9 Å². The number of carbonyl (C=O) groups excluding carboxylic acids is 1. The lowest BCUT2D eigenvalue weighted by Gasteiger charge is -2.18. The fourth-order valence-corrected chi connectivity index (χ4v) is 3.57. The highest BCUT2D eigenvalue weighted by atomic mass is 16.5. The number of ether oxygens (including phenoxy) is 3. The van der Waals surface area contributed by atoms with E-state index in [1.54, 1.807) is 6.07 Å². The van der Waals surface area contributed by atoms with E-state index in [9.17, 15) is 4.79 Å². The van der Waals surface area contributed by atoms with Crippen molar-refractivity contribution in [1.29, 1.82) is 0 Å². The Morgan fingerprint density at radius 2 is 1.29 bits per heavy atom. The molecular formula is C30H29NO4. The molecular weight excluding hydrogens is 438 g/mol. The third-order valence-electron chi connectivity index (χ3n) is 5.37. The van der Waals surface area contributed by atoms with Crippen molar-refractivity contribution < 1.29 is 19.0 Å². The lowest BCUT2D eigenvalue weighted by molar-refractivity contribution is -0.122. The van der Waals surface area contributed by atoms with Gasteiger partial charge in [0.2, 0.25) is 0 Å². The molecule has 1 unspecified atom stereocenters. The number of benzene rings is 4. The minimum Gasteiger partial charge on any atom is -0.490 e. The second-order valence-electron chi connectivity index (χ2n) is 7.93. The number of carbonyl (C=O) groups is 1. The molecule has 4 aromatic rings. The van der Waals surface area contributed by atoms with E-state index in [-0.39, 0.29) is 5.91 Å². The summed E-state index contributed by atoms with van der Waals surface area (Å²) in [4.78, 5) is 12.9. The molecule has 5 nitrogen and oxygen atoms in total. The van der Waals surface area contributed by atoms with Gasteiger partial charge in [-0.15, -0.1) is 0 Å². The van der Waals surface area contributed by atoms with Crippen molar-refractivity contribution in [2.75, 3.05) is 18.5 Å². The van der Waals surface area contributed by atoms with Gasteiger partial charge in [0.1, 0.15) is 30.5 Å². The Kier molecular flexibility index (Phi) is 8.38. The summed E-state index contributed by atoms with van der Waals surface area (Å²) in [6.45, 7) is 2.75. The summed E-state index contributed by atoms with van der Waals surface area (Å²) in [5.74, 6) is 1.91. The molecule has 0 aliphatic rings. The normalized spacial score (nSPS) is 11.3. The van der Waals surface area contributed by atoms with Crippen molar-refractivity contribution in [2.24, 2.45) is 0 Å². The van der Waals surface area contributed by atoms with Crippen LogP contribution in [0.3, 0.4) is 0 Å². The highest BCUT2D eigenvalue weighted by Gasteiger charge is 2.19. The van der Waals surface area contributed by atoms with Crippen LogP contribution in [-0.2, 0) is 4.79 Å². The van der Waals surface area contributed by atoms with E-state index < -0.39 is 6.10 Å². The largest absolute Gasteiger partial charge is 0.490 e. The maximum absolute atomic E-state index is 12.9. The van der Waals surface area contributed by atoms with Gasteiger partial charge < -0.3 is 19.5 Å². The number of rotatable bonds is 11. The predicted octanol–water partition coefficient (Wildman–Crippen LogP) is 6.61. The van der Waals surface area contributed by atoms with Gasteiger partial charge in [0.15, 0.2) is 6.10 Å². The Labute approximate surface area is 206 Å². The van der Waals surface area contributed by atoms with Crippen molar-refractivity contribution in [1.82, 2.24) is 0 Å². The first-order valence-corrected chi connectivity index (χ1v) is 11.7. The van der Waals surface area contributed by atoms with Crippen molar-refractivity contribution in [3.05, 3.63) is 109 Å². The minimum absolute atomic E-state index is 0.204. The highest BCUT2D eigenvalue weighted by molar-refractivity contribution is 5.94. The van der Waals surface area contributed by atoms with Crippen LogP contribution < -0.4 is 19.5 Å². The van der Waals surface area contributed by atoms with Crippen LogP contribution in [0.4, 0.5) is 5.69 Å². The molecule has 1 N–H and O–H groups in total. The highest BCUT2D eigenvalue weighted by Crippen LogP contribution is 2.24. The third kappa shape index (κ3) is 7.11. The predicted molar refractivity (Wildman–Crippen MR) is 139 cm³/mol. The molecule has 0 aliphatic carbocycles. The Hall–Kier alpha value is -4.25. The first kappa shape index (κ1) is 23.9. The number of hydrogen-bond donors (Lipinski definition) is 1. The van der Waals surface area contributed by atoms with E-state index in [4.69, 9.17) is 14.2 Å². The van der Waals surface area contributed by atoms with Crippen molar-refractivity contribution >= 4 is 11.6 Å². The third-order valence-corrected chi connectivity index (χ3v) is 5.37. The summed E-state index contributed by atoms with van der Waals surface area (Å²) in [7, 11) is 0. The quantitative estimate of drug-likeness (QED) is 0.252. The maximum atomic E-state index is 12.9. The van der Waals surface area contributed by atoms with Gasteiger partial charge in [-0.2, -0.15) is 0 Å². The van der Waals surface area contributed by atoms with Crippen LogP contribution in [0.1, 0.15) is 13.3 Å². The second-order valence-corrected chi connectivity index (χ2v) is 7.93. The minimum atomic E-state index is -0.610. The smallest absolute Gasteiger partial charge is 0.265 e. The lowest BCUT2D eigenvalue weighted by Crippen LogP contribution is -2.32. The summed E-state index contributed by atoms with van der Waals surface area (Å²) in [6, 6.07) is 34.8. The van der Waals surface area contributed by atoms with E-state index in [1.165, 1.54) is 0 Å². The standard InChI is InChI=1S/C30H29NO4/c1-2-29(35-27-18-16-24(17-19-27)23-10-5-3-6-11-23)30(32)31-25-12-9-15-28(22-25)34-21-20-33-26-13-7-4-8-14-26/h3-19,22,29H,2,20-21H2,1H3,(H,31,32). The number of para-hydroxylation sites is 1. The van der Waals surface area contributed by atoms with Crippen molar-refractivity contribution in [3.8, 4) is 28.4 Å². The SMILES string of the molecule is CCC(Oc1ccc(-c2ccccc2)cc1)C(=O)Nc1cccc(OCCOc2ccccc2)c1. The zero-order chi connectivity index (χ0) is 24.3. The Morgan fingerprint density at radius 1 is 0.686 bits per heavy atom. The zero-order valence-corrected chi connectivity index (χ0v) is 19.7. The average Bonchev–Trinajstić information content (AvgIpc) is 2.91. The Morgan fingerprint density at radius 3 is 1.97 bits per heavy atom. The molecule has 0 heterocycles. The van der Waals surface area contributed by atoms with Gasteiger partial charge in [-0.3, -0.25) is 4.79 Å². The topological polar surface area (TPSA) is 56.8 Å². The van der Waals surface area contributed by atoms with Crippen molar-refractivity contribution in [3.63, 3.8) is 0 Å². The molecule has 35 heavy (non-hydrogen) atoms. The van der Waals surface area contributed by atoms with Crippen LogP contribution in [0.15, 0.2) is 109 Å². The summed E-state index contributed by atoms with van der Waals surface area (Å²) in [5, 5.41) is 2.93. The van der Waals surface area contributed by atoms with Crippen LogP contribution in [0, 0.1) is 0 Å². The molecule has 0 saturated carbocycles. The molecule has 4 aromatic carbocycles. The maximum Gasteiger partial charge on any atom is 0.265 e. The van der Waals surface area contributed by atoms with Crippen LogP contribution >= 0.6 is 0 Å². The molecule has 0 saturated heterocycles. The number of hydrogen-bond acceptors (Lipinski definition) is 4. The number of amides is 1. The van der Waals surface area contributed by atoms with Gasteiger partial charge in [-0.25, -0.2) is 0 Å². The van der Waals surface area contributed by atoms with Gasteiger partial charge in [0, 0.05) is 11.8 Å². The fourth-order valence-electron chi connectivity index (χ4n) is 3.57. The molecule has 4 rings (SSSR count). The summed E-state index contributed by atoms with van der Waals surface area (Å²) in [5.41, 5.74) is 2.89. The van der Waals surface area contributed by atoms with Crippen LogP contribution in [0.25, 0.3) is 11.1 Å². The summed E-state index contributed by atoms with van der Waals surface area (Å²) >= 11 is 0. The number of nitrogens with one attached hydrogen (secondary N) is 1. The van der Waals surface area contributed by atoms with Crippen LogP contribution in [0.5, 0.6) is 17.2 Å². The van der Waals surface area contributed by atoms with E-state index in [1.807, 2.05) is 97.9 Å². The molecule has 1 amide bonds. The lowest BCUT2D eigenvalue weighted by atomic mass is 10.1. The molecule has 1 atom stereocenters. The average molecular weight is 468 g/mol. The number of anilines is 1. The van der Waals surface area contributed by atoms with Crippen LogP contribution in [0.2, 0.25) is 0 Å². The molecule has 0 fully saturated rings. The van der Waals surface area contributed by atoms with Gasteiger partial charge in [0.25, 0.3) is 5.91 Å². The molecule has 0 radical (unpaired) electrons. The van der Waals surface area contributed by atoms with E-state index in [2.05, 4.69) is 17.4 Å². The molecule has 0 aromatic heterocycles. The van der Waals surface area contributed by atoms with Gasteiger partial charge in [-0.05, 0) is 53.9 Å². The first-order valence-electron chi connectivity index (χ1n) is 11.7. The van der Waals surface area contributed by atoms with Gasteiger partial charge in [0.05, 0.1) is 0 Å². The Balaban J connectivity index is 1.29. The molecule has 178 valence electrons. The molecule has 0 bridgehead atoms. The monoisotopic (exact) mass is 467 g/mol. The molecule has 0 spiro atoms. The fraction of sp³-hybridized carbons (Fsp3) is 0.167. The van der Waals surface area contributed by atoms with Gasteiger partial charge >= 0.3 is 0 Å². The van der Waals surface area contributed by atoms with Crippen molar-refractivity contribution in [2.45, 2.75) is 19.4 Å². The molecule has 0 aliphatic heterocycles. The summed E-state index contributed by atoms with van der Waals surface area (Å²) < 4.78 is 17.4. The van der Waals surface area contributed by atoms with E-state index >= 15 is 0 Å². The van der Waals surface area contributed by atoms with Crippen LogP contribution in [-0.4, -0.2) is 25.2 Å². The Bertz CT molecular complexity index is 1190. The van der Waals surface area contributed by atoms with Gasteiger partial charge in [-0.1, -0.05) is 73.7 Å². The summed E-state index contributed by atoms with van der Waals surface area (Å²) in [6.07, 6.45) is -0.0688. The first-order chi connectivity index (χ1) is 17.2. The zero-order valence-electron chi connectivity index (χ0n) is 19.7. The van der Waals surface area contributed by atoms with E-state index in [0.29, 0.717) is 36.8 Å². The molecule has 5 heteroatoms. The second kappa shape index (κ2) is 12.3.